The predicted molar refractivity (Wildman–Crippen MR) is 64.2 cm³/mol. The van der Waals surface area contributed by atoms with Crippen LogP contribution in [0.2, 0.25) is 0 Å². The van der Waals surface area contributed by atoms with Crippen molar-refractivity contribution >= 4 is 27.4 Å². The molecule has 0 saturated heterocycles. The van der Waals surface area contributed by atoms with Crippen molar-refractivity contribution in [3.63, 3.8) is 0 Å². The van der Waals surface area contributed by atoms with E-state index in [0.29, 0.717) is 0 Å². The van der Waals surface area contributed by atoms with Crippen LogP contribution in [-0.2, 0) is 0 Å². The molecular formula is C11H10BrN3. The van der Waals surface area contributed by atoms with E-state index in [9.17, 15) is 0 Å². The number of aryl methyl sites for hydroxylation is 1. The van der Waals surface area contributed by atoms with E-state index in [1.54, 1.807) is 6.20 Å². The van der Waals surface area contributed by atoms with Crippen molar-refractivity contribution in [3.8, 4) is 0 Å². The molecule has 0 aliphatic carbocycles. The number of nitrogens with one attached hydrogen (secondary N) is 1. The Morgan fingerprint density at radius 1 is 1.20 bits per heavy atom. The normalized spacial score (nSPS) is 10.0. The molecule has 4 heteroatoms. The second-order valence-corrected chi connectivity index (χ2v) is 4.06. The van der Waals surface area contributed by atoms with Crippen molar-refractivity contribution in [2.45, 2.75) is 6.92 Å². The van der Waals surface area contributed by atoms with Gasteiger partial charge in [0.25, 0.3) is 0 Å². The first-order chi connectivity index (χ1) is 7.25. The second-order valence-electron chi connectivity index (χ2n) is 3.21. The SMILES string of the molecule is Cc1ccc(Nc2ncncc2Br)cc1. The summed E-state index contributed by atoms with van der Waals surface area (Å²) < 4.78 is 0.852. The fraction of sp³-hybridized carbons (Fsp3) is 0.0909. The molecule has 3 nitrogen and oxygen atoms in total. The maximum Gasteiger partial charge on any atom is 0.148 e. The molecule has 2 rings (SSSR count). The fourth-order valence-corrected chi connectivity index (χ4v) is 1.50. The van der Waals surface area contributed by atoms with Crippen LogP contribution in [0.1, 0.15) is 5.56 Å². The van der Waals surface area contributed by atoms with Crippen molar-refractivity contribution in [1.29, 1.82) is 0 Å². The van der Waals surface area contributed by atoms with E-state index >= 15 is 0 Å². The molecule has 2 aromatic rings. The Morgan fingerprint density at radius 2 is 1.93 bits per heavy atom. The average molecular weight is 264 g/mol. The van der Waals surface area contributed by atoms with Gasteiger partial charge in [-0.15, -0.1) is 0 Å². The maximum atomic E-state index is 4.13. The van der Waals surface area contributed by atoms with Gasteiger partial charge in [0.2, 0.25) is 0 Å². The molecule has 1 aromatic heterocycles. The first-order valence-corrected chi connectivity index (χ1v) is 5.34. The number of hydrogen-bond acceptors (Lipinski definition) is 3. The zero-order valence-corrected chi connectivity index (χ0v) is 9.82. The van der Waals surface area contributed by atoms with Gasteiger partial charge in [-0.2, -0.15) is 0 Å². The lowest BCUT2D eigenvalue weighted by Gasteiger charge is -2.06. The Bertz CT molecular complexity index is 454. The largest absolute Gasteiger partial charge is 0.339 e. The lowest BCUT2D eigenvalue weighted by molar-refractivity contribution is 1.15. The van der Waals surface area contributed by atoms with Gasteiger partial charge in [0.05, 0.1) is 4.47 Å². The highest BCUT2D eigenvalue weighted by Gasteiger charge is 2.00. The Labute approximate surface area is 96.7 Å². The van der Waals surface area contributed by atoms with Crippen LogP contribution in [0.4, 0.5) is 11.5 Å². The van der Waals surface area contributed by atoms with E-state index in [1.165, 1.54) is 11.9 Å². The number of halogens is 1. The van der Waals surface area contributed by atoms with E-state index < -0.39 is 0 Å². The van der Waals surface area contributed by atoms with Crippen LogP contribution in [0.25, 0.3) is 0 Å². The highest BCUT2D eigenvalue weighted by molar-refractivity contribution is 9.10. The highest BCUT2D eigenvalue weighted by atomic mass is 79.9. The minimum atomic E-state index is 0.772. The van der Waals surface area contributed by atoms with Gasteiger partial charge in [-0.3, -0.25) is 0 Å². The molecule has 0 amide bonds. The quantitative estimate of drug-likeness (QED) is 0.904. The second kappa shape index (κ2) is 4.40. The maximum absolute atomic E-state index is 4.13. The smallest absolute Gasteiger partial charge is 0.148 e. The van der Waals surface area contributed by atoms with Crippen LogP contribution in [0.5, 0.6) is 0 Å². The monoisotopic (exact) mass is 263 g/mol. The number of anilines is 2. The molecule has 15 heavy (non-hydrogen) atoms. The molecule has 0 aliphatic rings. The summed E-state index contributed by atoms with van der Waals surface area (Å²) in [5.41, 5.74) is 2.25. The molecule has 1 N–H and O–H groups in total. The van der Waals surface area contributed by atoms with Crippen molar-refractivity contribution < 1.29 is 0 Å². The molecule has 0 fully saturated rings. The summed E-state index contributed by atoms with van der Waals surface area (Å²) in [5, 5.41) is 3.20. The molecular weight excluding hydrogens is 254 g/mol. The van der Waals surface area contributed by atoms with Crippen LogP contribution in [0, 0.1) is 6.92 Å². The average Bonchev–Trinajstić information content (AvgIpc) is 2.25. The van der Waals surface area contributed by atoms with Crippen molar-refractivity contribution in [3.05, 3.63) is 46.8 Å². The highest BCUT2D eigenvalue weighted by Crippen LogP contribution is 2.21. The van der Waals surface area contributed by atoms with Gasteiger partial charge < -0.3 is 5.32 Å². The van der Waals surface area contributed by atoms with E-state index in [0.717, 1.165) is 16.0 Å². The van der Waals surface area contributed by atoms with Gasteiger partial charge >= 0.3 is 0 Å². The summed E-state index contributed by atoms with van der Waals surface area (Å²) in [4.78, 5) is 8.03. The third kappa shape index (κ3) is 2.53. The van der Waals surface area contributed by atoms with Gasteiger partial charge in [-0.05, 0) is 35.0 Å². The Balaban J connectivity index is 2.22. The van der Waals surface area contributed by atoms with E-state index in [-0.39, 0.29) is 0 Å². The predicted octanol–water partition coefficient (Wildman–Crippen LogP) is 3.29. The summed E-state index contributed by atoms with van der Waals surface area (Å²) in [6.45, 7) is 2.06. The first-order valence-electron chi connectivity index (χ1n) is 4.55. The molecule has 0 saturated carbocycles. The van der Waals surface area contributed by atoms with E-state index in [4.69, 9.17) is 0 Å². The molecule has 0 unspecified atom stereocenters. The molecule has 1 aromatic carbocycles. The topological polar surface area (TPSA) is 37.8 Å². The van der Waals surface area contributed by atoms with Crippen molar-refractivity contribution in [1.82, 2.24) is 9.97 Å². The summed E-state index contributed by atoms with van der Waals surface area (Å²) in [7, 11) is 0. The molecule has 0 radical (unpaired) electrons. The zero-order chi connectivity index (χ0) is 10.7. The molecule has 0 bridgehead atoms. The molecule has 0 aliphatic heterocycles. The summed E-state index contributed by atoms with van der Waals surface area (Å²) in [6, 6.07) is 8.14. The lowest BCUT2D eigenvalue weighted by atomic mass is 10.2. The Morgan fingerprint density at radius 3 is 2.60 bits per heavy atom. The molecule has 0 spiro atoms. The van der Waals surface area contributed by atoms with Crippen molar-refractivity contribution in [2.75, 3.05) is 5.32 Å². The van der Waals surface area contributed by atoms with Gasteiger partial charge in [-0.1, -0.05) is 17.7 Å². The first kappa shape index (κ1) is 10.1. The standard InChI is InChI=1S/C11H10BrN3/c1-8-2-4-9(5-3-8)15-11-10(12)6-13-7-14-11/h2-7H,1H3,(H,13,14,15). The van der Waals surface area contributed by atoms with Crippen LogP contribution >= 0.6 is 15.9 Å². The number of rotatable bonds is 2. The van der Waals surface area contributed by atoms with Gasteiger partial charge in [0, 0.05) is 11.9 Å². The third-order valence-electron chi connectivity index (χ3n) is 1.98. The Hall–Kier alpha value is -1.42. The minimum absolute atomic E-state index is 0.772. The fourth-order valence-electron chi connectivity index (χ4n) is 1.18. The van der Waals surface area contributed by atoms with Crippen LogP contribution in [0.3, 0.4) is 0 Å². The zero-order valence-electron chi connectivity index (χ0n) is 8.24. The van der Waals surface area contributed by atoms with Crippen LogP contribution in [0.15, 0.2) is 41.3 Å². The number of nitrogens with zero attached hydrogens (tertiary/aromatic N) is 2. The van der Waals surface area contributed by atoms with Gasteiger partial charge in [-0.25, -0.2) is 9.97 Å². The minimum Gasteiger partial charge on any atom is -0.339 e. The van der Waals surface area contributed by atoms with Crippen LogP contribution in [-0.4, -0.2) is 9.97 Å². The van der Waals surface area contributed by atoms with E-state index in [1.807, 2.05) is 12.1 Å². The number of aromatic nitrogens is 2. The number of benzene rings is 1. The summed E-state index contributed by atoms with van der Waals surface area (Å²) >= 11 is 3.38. The lowest BCUT2D eigenvalue weighted by Crippen LogP contribution is -1.94. The van der Waals surface area contributed by atoms with Gasteiger partial charge in [0.1, 0.15) is 12.1 Å². The summed E-state index contributed by atoms with van der Waals surface area (Å²) in [5.74, 6) is 0.772. The van der Waals surface area contributed by atoms with Gasteiger partial charge in [0.15, 0.2) is 0 Å². The Kier molecular flexibility index (Phi) is 2.97. The number of hydrogen-bond donors (Lipinski definition) is 1. The third-order valence-corrected chi connectivity index (χ3v) is 2.56. The van der Waals surface area contributed by atoms with Crippen molar-refractivity contribution in [2.24, 2.45) is 0 Å². The van der Waals surface area contributed by atoms with E-state index in [2.05, 4.69) is 50.3 Å². The molecule has 0 atom stereocenters. The molecule has 1 heterocycles. The molecule has 76 valence electrons. The van der Waals surface area contributed by atoms with Crippen LogP contribution < -0.4 is 5.32 Å². The summed E-state index contributed by atoms with van der Waals surface area (Å²) in [6.07, 6.45) is 3.23.